The highest BCUT2D eigenvalue weighted by atomic mass is 19.4. The quantitative estimate of drug-likeness (QED) is 0.922. The number of ether oxygens (including phenoxy) is 1. The third kappa shape index (κ3) is 2.96. The fourth-order valence-corrected chi connectivity index (χ4v) is 2.12. The molecule has 0 saturated carbocycles. The first-order valence-corrected chi connectivity index (χ1v) is 6.48. The first-order chi connectivity index (χ1) is 10.4. The van der Waals surface area contributed by atoms with Crippen molar-refractivity contribution in [1.29, 1.82) is 0 Å². The summed E-state index contributed by atoms with van der Waals surface area (Å²) >= 11 is 0. The van der Waals surface area contributed by atoms with Crippen LogP contribution < -0.4 is 5.73 Å². The number of nitrogens with two attached hydrogens (primary N) is 1. The number of benzene rings is 2. The van der Waals surface area contributed by atoms with Crippen LogP contribution in [0.25, 0.3) is 0 Å². The lowest BCUT2D eigenvalue weighted by molar-refractivity contribution is -0.275. The van der Waals surface area contributed by atoms with Gasteiger partial charge in [0, 0.05) is 5.56 Å². The van der Waals surface area contributed by atoms with Crippen molar-refractivity contribution in [3.8, 4) is 0 Å². The predicted octanol–water partition coefficient (Wildman–Crippen LogP) is 3.15. The minimum atomic E-state index is -4.98. The van der Waals surface area contributed by atoms with Gasteiger partial charge in [0.05, 0.1) is 6.61 Å². The molecule has 2 aromatic carbocycles. The molecule has 0 aliphatic heterocycles. The molecule has 0 spiro atoms. The van der Waals surface area contributed by atoms with E-state index in [0.717, 1.165) is 0 Å². The van der Waals surface area contributed by atoms with E-state index in [1.807, 2.05) is 0 Å². The largest absolute Gasteiger partial charge is 0.430 e. The van der Waals surface area contributed by atoms with Crippen molar-refractivity contribution < 1.29 is 22.7 Å². The van der Waals surface area contributed by atoms with Gasteiger partial charge in [0.2, 0.25) is 0 Å². The number of amides is 1. The molecule has 1 atom stereocenters. The maximum absolute atomic E-state index is 13.6. The molecule has 3 nitrogen and oxygen atoms in total. The second kappa shape index (κ2) is 6.19. The maximum Gasteiger partial charge on any atom is 0.430 e. The molecule has 0 bridgehead atoms. The van der Waals surface area contributed by atoms with Gasteiger partial charge in [-0.3, -0.25) is 4.79 Å². The number of halogens is 3. The lowest BCUT2D eigenvalue weighted by atomic mass is 9.92. The van der Waals surface area contributed by atoms with Crippen LogP contribution in [0.3, 0.4) is 0 Å². The third-order valence-electron chi connectivity index (χ3n) is 3.22. The minimum absolute atomic E-state index is 0.342. The highest BCUT2D eigenvalue weighted by molar-refractivity contribution is 5.86. The molecule has 0 saturated heterocycles. The standard InChI is InChI=1S/C16H14F3NO2/c17-16(18,19)15(14(20)21,13-9-5-2-6-10-13)22-11-12-7-3-1-4-8-12/h1-10H,11H2,(H2,20,21)/t15-/m1/s1. The zero-order chi connectivity index (χ0) is 16.2. The Bertz CT molecular complexity index is 629. The molecule has 0 aliphatic rings. The molecule has 0 fully saturated rings. The Morgan fingerprint density at radius 3 is 1.91 bits per heavy atom. The van der Waals surface area contributed by atoms with Crippen LogP contribution >= 0.6 is 0 Å². The van der Waals surface area contributed by atoms with E-state index < -0.39 is 24.3 Å². The van der Waals surface area contributed by atoms with Crippen LogP contribution in [0.1, 0.15) is 11.1 Å². The van der Waals surface area contributed by atoms with E-state index in [1.54, 1.807) is 36.4 Å². The molecule has 22 heavy (non-hydrogen) atoms. The summed E-state index contributed by atoms with van der Waals surface area (Å²) < 4.78 is 45.8. The monoisotopic (exact) mass is 309 g/mol. The molecule has 2 rings (SSSR count). The summed E-state index contributed by atoms with van der Waals surface area (Å²) in [6.45, 7) is -0.391. The minimum Gasteiger partial charge on any atom is -0.367 e. The summed E-state index contributed by atoms with van der Waals surface area (Å²) in [6, 6.07) is 14.9. The Hall–Kier alpha value is -2.34. The maximum atomic E-state index is 13.6. The number of alkyl halides is 3. The van der Waals surface area contributed by atoms with Crippen LogP contribution in [0.15, 0.2) is 60.7 Å². The molecular weight excluding hydrogens is 295 g/mol. The van der Waals surface area contributed by atoms with Gasteiger partial charge in [-0.25, -0.2) is 0 Å². The van der Waals surface area contributed by atoms with Crippen molar-refractivity contribution in [3.05, 3.63) is 71.8 Å². The third-order valence-corrected chi connectivity index (χ3v) is 3.22. The average Bonchev–Trinajstić information content (AvgIpc) is 2.48. The Morgan fingerprint density at radius 1 is 0.955 bits per heavy atom. The Balaban J connectivity index is 2.43. The zero-order valence-corrected chi connectivity index (χ0v) is 11.5. The molecular formula is C16H14F3NO2. The van der Waals surface area contributed by atoms with Crippen molar-refractivity contribution in [2.75, 3.05) is 0 Å². The summed E-state index contributed by atoms with van der Waals surface area (Å²) in [5, 5.41) is 0. The van der Waals surface area contributed by atoms with Crippen molar-refractivity contribution in [1.82, 2.24) is 0 Å². The van der Waals surface area contributed by atoms with E-state index in [0.29, 0.717) is 5.56 Å². The summed E-state index contributed by atoms with van der Waals surface area (Å²) in [5.74, 6) is -1.60. The van der Waals surface area contributed by atoms with Crippen molar-refractivity contribution in [3.63, 3.8) is 0 Å². The molecule has 6 heteroatoms. The summed E-state index contributed by atoms with van der Waals surface area (Å²) in [7, 11) is 0. The first kappa shape index (κ1) is 16.0. The highest BCUT2D eigenvalue weighted by Crippen LogP contribution is 2.42. The second-order valence-corrected chi connectivity index (χ2v) is 4.68. The summed E-state index contributed by atoms with van der Waals surface area (Å²) in [6.07, 6.45) is -4.98. The van der Waals surface area contributed by atoms with Gasteiger partial charge in [-0.2, -0.15) is 13.2 Å². The first-order valence-electron chi connectivity index (χ1n) is 6.48. The Morgan fingerprint density at radius 2 is 1.45 bits per heavy atom. The van der Waals surface area contributed by atoms with Gasteiger partial charge in [0.15, 0.2) is 0 Å². The number of hydrogen-bond acceptors (Lipinski definition) is 2. The van der Waals surface area contributed by atoms with Crippen LogP contribution in [0.2, 0.25) is 0 Å². The van der Waals surface area contributed by atoms with Gasteiger partial charge in [0.25, 0.3) is 11.5 Å². The molecule has 2 aromatic rings. The zero-order valence-electron chi connectivity index (χ0n) is 11.5. The molecule has 0 aliphatic carbocycles. The van der Waals surface area contributed by atoms with Gasteiger partial charge in [-0.15, -0.1) is 0 Å². The topological polar surface area (TPSA) is 52.3 Å². The van der Waals surface area contributed by atoms with Crippen molar-refractivity contribution in [2.45, 2.75) is 18.4 Å². The SMILES string of the molecule is NC(=O)[C@](OCc1ccccc1)(c1ccccc1)C(F)(F)F. The molecule has 0 aromatic heterocycles. The van der Waals surface area contributed by atoms with Crippen LogP contribution in [-0.4, -0.2) is 12.1 Å². The van der Waals surface area contributed by atoms with Gasteiger partial charge in [0.1, 0.15) is 0 Å². The Kier molecular flexibility index (Phi) is 4.51. The molecule has 0 unspecified atom stereocenters. The Labute approximate surface area is 125 Å². The molecule has 0 radical (unpaired) electrons. The average molecular weight is 309 g/mol. The fraction of sp³-hybridized carbons (Fsp3) is 0.188. The highest BCUT2D eigenvalue weighted by Gasteiger charge is 2.62. The van der Waals surface area contributed by atoms with Crippen LogP contribution in [0, 0.1) is 0 Å². The second-order valence-electron chi connectivity index (χ2n) is 4.68. The molecule has 0 heterocycles. The van der Waals surface area contributed by atoms with E-state index in [2.05, 4.69) is 0 Å². The van der Waals surface area contributed by atoms with E-state index in [9.17, 15) is 18.0 Å². The van der Waals surface area contributed by atoms with Crippen LogP contribution in [0.5, 0.6) is 0 Å². The number of carbonyl (C=O) groups excluding carboxylic acids is 1. The van der Waals surface area contributed by atoms with E-state index in [-0.39, 0.29) is 5.56 Å². The van der Waals surface area contributed by atoms with Crippen LogP contribution in [0.4, 0.5) is 13.2 Å². The number of rotatable bonds is 5. The number of hydrogen-bond donors (Lipinski definition) is 1. The lowest BCUT2D eigenvalue weighted by Gasteiger charge is -2.33. The molecule has 116 valence electrons. The van der Waals surface area contributed by atoms with Crippen molar-refractivity contribution >= 4 is 5.91 Å². The lowest BCUT2D eigenvalue weighted by Crippen LogP contribution is -2.54. The number of primary amides is 1. The normalized spacial score (nSPS) is 14.3. The van der Waals surface area contributed by atoms with Gasteiger partial charge < -0.3 is 10.5 Å². The summed E-state index contributed by atoms with van der Waals surface area (Å²) in [4.78, 5) is 11.7. The van der Waals surface area contributed by atoms with E-state index in [4.69, 9.17) is 10.5 Å². The molecule has 1 amide bonds. The smallest absolute Gasteiger partial charge is 0.367 e. The predicted molar refractivity (Wildman–Crippen MR) is 74.6 cm³/mol. The van der Waals surface area contributed by atoms with Crippen LogP contribution in [-0.2, 0) is 21.7 Å². The summed E-state index contributed by atoms with van der Waals surface area (Å²) in [5.41, 5.74) is 2.06. The van der Waals surface area contributed by atoms with Gasteiger partial charge in [-0.05, 0) is 5.56 Å². The van der Waals surface area contributed by atoms with Crippen molar-refractivity contribution in [2.24, 2.45) is 5.73 Å². The van der Waals surface area contributed by atoms with Gasteiger partial charge >= 0.3 is 6.18 Å². The van der Waals surface area contributed by atoms with E-state index >= 15 is 0 Å². The molecule has 2 N–H and O–H groups in total. The van der Waals surface area contributed by atoms with E-state index in [1.165, 1.54) is 24.3 Å². The number of carbonyl (C=O) groups is 1. The fourth-order valence-electron chi connectivity index (χ4n) is 2.12. The van der Waals surface area contributed by atoms with Gasteiger partial charge in [-0.1, -0.05) is 60.7 Å².